The van der Waals surface area contributed by atoms with Gasteiger partial charge in [0.1, 0.15) is 6.33 Å². The van der Waals surface area contributed by atoms with Gasteiger partial charge in [0.25, 0.3) is 0 Å². The van der Waals surface area contributed by atoms with Crippen LogP contribution < -0.4 is 10.1 Å². The summed E-state index contributed by atoms with van der Waals surface area (Å²) >= 11 is 11.8. The molecule has 0 fully saturated rings. The molecule has 1 aromatic carbocycles. The summed E-state index contributed by atoms with van der Waals surface area (Å²) < 4.78 is 5.13. The Morgan fingerprint density at radius 2 is 2.06 bits per heavy atom. The minimum absolute atomic E-state index is 0.257. The fraction of sp³-hybridized carbons (Fsp3) is 0.0909. The van der Waals surface area contributed by atoms with E-state index >= 15 is 0 Å². The van der Waals surface area contributed by atoms with E-state index in [9.17, 15) is 0 Å². The van der Waals surface area contributed by atoms with Gasteiger partial charge in [-0.25, -0.2) is 9.97 Å². The maximum absolute atomic E-state index is 5.89. The second-order valence-corrected chi connectivity index (χ2v) is 3.98. The summed E-state index contributed by atoms with van der Waals surface area (Å²) in [5.74, 6) is 0.893. The predicted octanol–water partition coefficient (Wildman–Crippen LogP) is 3.54. The molecular formula is C11H9Cl2N3O. The lowest BCUT2D eigenvalue weighted by Gasteiger charge is -2.10. The molecule has 0 atom stereocenters. The smallest absolute Gasteiger partial charge is 0.199 e. The number of methoxy groups -OCH3 is 1. The van der Waals surface area contributed by atoms with Crippen LogP contribution in [0.15, 0.2) is 30.6 Å². The second-order valence-electron chi connectivity index (χ2n) is 3.18. The zero-order valence-corrected chi connectivity index (χ0v) is 10.5. The lowest BCUT2D eigenvalue weighted by molar-refractivity contribution is 0.413. The van der Waals surface area contributed by atoms with Gasteiger partial charge < -0.3 is 10.1 Å². The standard InChI is InChI=1S/C11H9Cl2N3O/c1-17-9-10(13)14-6-15-11(9)16-8-4-2-3-7(12)5-8/h2-6H,1H3,(H,14,15,16). The molecule has 0 spiro atoms. The first-order chi connectivity index (χ1) is 8.20. The molecule has 6 heteroatoms. The fourth-order valence-corrected chi connectivity index (χ4v) is 1.73. The lowest BCUT2D eigenvalue weighted by Crippen LogP contribution is -1.99. The first kappa shape index (κ1) is 12.0. The van der Waals surface area contributed by atoms with Gasteiger partial charge in [-0.2, -0.15) is 0 Å². The molecule has 0 aliphatic carbocycles. The summed E-state index contributed by atoms with van der Waals surface area (Å²) in [6, 6.07) is 7.26. The van der Waals surface area contributed by atoms with Crippen molar-refractivity contribution in [3.63, 3.8) is 0 Å². The average Bonchev–Trinajstić information content (AvgIpc) is 2.29. The van der Waals surface area contributed by atoms with Gasteiger partial charge in [0, 0.05) is 10.7 Å². The topological polar surface area (TPSA) is 47.0 Å². The van der Waals surface area contributed by atoms with Gasteiger partial charge >= 0.3 is 0 Å². The zero-order valence-electron chi connectivity index (χ0n) is 8.95. The Balaban J connectivity index is 2.33. The molecule has 17 heavy (non-hydrogen) atoms. The SMILES string of the molecule is COc1c(Cl)ncnc1Nc1cccc(Cl)c1. The van der Waals surface area contributed by atoms with E-state index in [0.717, 1.165) is 5.69 Å². The molecule has 2 rings (SSSR count). The summed E-state index contributed by atoms with van der Waals surface area (Å²) in [4.78, 5) is 7.89. The summed E-state index contributed by atoms with van der Waals surface area (Å²) in [5.41, 5.74) is 0.797. The number of benzene rings is 1. The number of hydrogen-bond acceptors (Lipinski definition) is 4. The molecule has 1 N–H and O–H groups in total. The molecule has 1 aromatic heterocycles. The molecule has 88 valence electrons. The highest BCUT2D eigenvalue weighted by Gasteiger charge is 2.10. The lowest BCUT2D eigenvalue weighted by atomic mass is 10.3. The van der Waals surface area contributed by atoms with Gasteiger partial charge in [-0.05, 0) is 18.2 Å². The summed E-state index contributed by atoms with van der Waals surface area (Å²) in [7, 11) is 1.51. The molecule has 0 aliphatic rings. The number of nitrogens with one attached hydrogen (secondary N) is 1. The maximum atomic E-state index is 5.89. The van der Waals surface area contributed by atoms with Crippen molar-refractivity contribution in [1.29, 1.82) is 0 Å². The van der Waals surface area contributed by atoms with Gasteiger partial charge in [0.2, 0.25) is 0 Å². The second kappa shape index (κ2) is 5.21. The van der Waals surface area contributed by atoms with Crippen molar-refractivity contribution < 1.29 is 4.74 Å². The highest BCUT2D eigenvalue weighted by molar-refractivity contribution is 6.31. The molecule has 2 aromatic rings. The van der Waals surface area contributed by atoms with Crippen LogP contribution in [0.4, 0.5) is 11.5 Å². The molecule has 0 aliphatic heterocycles. The van der Waals surface area contributed by atoms with Crippen molar-refractivity contribution >= 4 is 34.7 Å². The predicted molar refractivity (Wildman–Crippen MR) is 68.3 cm³/mol. The zero-order chi connectivity index (χ0) is 12.3. The van der Waals surface area contributed by atoms with Crippen LogP contribution in [0.25, 0.3) is 0 Å². The third-order valence-corrected chi connectivity index (χ3v) is 2.56. The minimum atomic E-state index is 0.257. The van der Waals surface area contributed by atoms with Gasteiger partial charge in [-0.3, -0.25) is 0 Å². The van der Waals surface area contributed by atoms with Gasteiger partial charge in [0.05, 0.1) is 7.11 Å². The number of anilines is 2. The highest BCUT2D eigenvalue weighted by Crippen LogP contribution is 2.31. The average molecular weight is 270 g/mol. The van der Waals surface area contributed by atoms with Gasteiger partial charge in [-0.1, -0.05) is 29.3 Å². The van der Waals surface area contributed by atoms with E-state index in [1.54, 1.807) is 12.1 Å². The van der Waals surface area contributed by atoms with Gasteiger partial charge in [-0.15, -0.1) is 0 Å². The van der Waals surface area contributed by atoms with Crippen LogP contribution in [0.5, 0.6) is 5.75 Å². The molecule has 0 unspecified atom stereocenters. The number of hydrogen-bond donors (Lipinski definition) is 1. The Kier molecular flexibility index (Phi) is 3.66. The van der Waals surface area contributed by atoms with E-state index < -0.39 is 0 Å². The van der Waals surface area contributed by atoms with E-state index in [0.29, 0.717) is 16.6 Å². The Labute approximate surface area is 109 Å². The quantitative estimate of drug-likeness (QED) is 0.866. The van der Waals surface area contributed by atoms with Gasteiger partial charge in [0.15, 0.2) is 16.7 Å². The van der Waals surface area contributed by atoms with E-state index in [1.807, 2.05) is 12.1 Å². The Morgan fingerprint density at radius 1 is 1.24 bits per heavy atom. The van der Waals surface area contributed by atoms with Crippen molar-refractivity contribution in [3.05, 3.63) is 40.8 Å². The van der Waals surface area contributed by atoms with E-state index in [-0.39, 0.29) is 5.15 Å². The van der Waals surface area contributed by atoms with Crippen LogP contribution in [-0.2, 0) is 0 Å². The first-order valence-corrected chi connectivity index (χ1v) is 5.53. The maximum Gasteiger partial charge on any atom is 0.199 e. The molecule has 0 saturated heterocycles. The molecule has 0 radical (unpaired) electrons. The third-order valence-electron chi connectivity index (χ3n) is 2.05. The fourth-order valence-electron chi connectivity index (χ4n) is 1.33. The van der Waals surface area contributed by atoms with Crippen LogP contribution in [0.1, 0.15) is 0 Å². The van der Waals surface area contributed by atoms with Crippen molar-refractivity contribution in [1.82, 2.24) is 9.97 Å². The Morgan fingerprint density at radius 3 is 2.76 bits per heavy atom. The van der Waals surface area contributed by atoms with Crippen LogP contribution in [0.3, 0.4) is 0 Å². The summed E-state index contributed by atoms with van der Waals surface area (Å²) in [6.45, 7) is 0. The summed E-state index contributed by atoms with van der Waals surface area (Å²) in [5, 5.41) is 3.95. The van der Waals surface area contributed by atoms with Crippen molar-refractivity contribution in [2.75, 3.05) is 12.4 Å². The van der Waals surface area contributed by atoms with Crippen LogP contribution in [-0.4, -0.2) is 17.1 Å². The van der Waals surface area contributed by atoms with Crippen LogP contribution >= 0.6 is 23.2 Å². The molecule has 0 saturated carbocycles. The largest absolute Gasteiger partial charge is 0.490 e. The van der Waals surface area contributed by atoms with Crippen molar-refractivity contribution in [2.24, 2.45) is 0 Å². The number of aromatic nitrogens is 2. The molecule has 4 nitrogen and oxygen atoms in total. The minimum Gasteiger partial charge on any atom is -0.490 e. The third kappa shape index (κ3) is 2.78. The van der Waals surface area contributed by atoms with E-state index in [2.05, 4.69) is 15.3 Å². The number of ether oxygens (including phenoxy) is 1. The summed E-state index contributed by atoms with van der Waals surface area (Å²) in [6.07, 6.45) is 1.36. The van der Waals surface area contributed by atoms with Crippen molar-refractivity contribution in [2.45, 2.75) is 0 Å². The highest BCUT2D eigenvalue weighted by atomic mass is 35.5. The normalized spacial score (nSPS) is 10.1. The first-order valence-electron chi connectivity index (χ1n) is 4.78. The number of rotatable bonds is 3. The molecule has 1 heterocycles. The van der Waals surface area contributed by atoms with Crippen molar-refractivity contribution in [3.8, 4) is 5.75 Å². The Hall–Kier alpha value is -1.52. The molecule has 0 amide bonds. The molecule has 0 bridgehead atoms. The number of halogens is 2. The monoisotopic (exact) mass is 269 g/mol. The number of nitrogens with zero attached hydrogens (tertiary/aromatic N) is 2. The van der Waals surface area contributed by atoms with E-state index in [4.69, 9.17) is 27.9 Å². The Bertz CT molecular complexity index is 534. The van der Waals surface area contributed by atoms with Crippen LogP contribution in [0.2, 0.25) is 10.2 Å². The van der Waals surface area contributed by atoms with Crippen LogP contribution in [0, 0.1) is 0 Å². The van der Waals surface area contributed by atoms with E-state index in [1.165, 1.54) is 13.4 Å². The molecular weight excluding hydrogens is 261 g/mol.